The van der Waals surface area contributed by atoms with E-state index >= 15 is 0 Å². The van der Waals surface area contributed by atoms with Crippen LogP contribution < -0.4 is 4.74 Å². The molecule has 0 atom stereocenters. The number of hydrogen-bond donors (Lipinski definition) is 1. The first kappa shape index (κ1) is 23.9. The van der Waals surface area contributed by atoms with Crippen molar-refractivity contribution >= 4 is 39.7 Å². The van der Waals surface area contributed by atoms with Gasteiger partial charge in [-0.15, -0.1) is 0 Å². The monoisotopic (exact) mass is 365 g/mol. The van der Waals surface area contributed by atoms with E-state index in [0.717, 1.165) is 12.2 Å². The molecule has 0 bridgehead atoms. The van der Waals surface area contributed by atoms with Gasteiger partial charge in [0.25, 0.3) is 10.1 Å². The van der Waals surface area contributed by atoms with Gasteiger partial charge >= 0.3 is 0 Å². The topological polar surface area (TPSA) is 63.6 Å². The molecule has 0 aliphatic carbocycles. The van der Waals surface area contributed by atoms with Crippen LogP contribution in [0.2, 0.25) is 0 Å². The van der Waals surface area contributed by atoms with Crippen LogP contribution >= 0.6 is 0 Å². The molecule has 1 aromatic carbocycles. The molecule has 1 aromatic rings. The van der Waals surface area contributed by atoms with Crippen LogP contribution in [0.3, 0.4) is 0 Å². The van der Waals surface area contributed by atoms with E-state index in [-0.39, 0.29) is 41.9 Å². The third kappa shape index (κ3) is 13.2. The third-order valence-electron chi connectivity index (χ3n) is 3.81. The summed E-state index contributed by atoms with van der Waals surface area (Å²) in [5.41, 5.74) is 1.31. The summed E-state index contributed by atoms with van der Waals surface area (Å²) in [6.45, 7) is 2.53. The minimum absolute atomic E-state index is 0. The Balaban J connectivity index is 0.00000529. The van der Waals surface area contributed by atoms with Gasteiger partial charge in [0.1, 0.15) is 5.75 Å². The van der Waals surface area contributed by atoms with E-state index in [1.165, 1.54) is 50.5 Å². The molecular formula is C18H30NaO4S. The first-order chi connectivity index (χ1) is 11.0. The molecule has 1 rings (SSSR count). The number of aryl methyl sites for hydroxylation is 1. The van der Waals surface area contributed by atoms with Gasteiger partial charge in [-0.25, -0.2) is 0 Å². The van der Waals surface area contributed by atoms with Gasteiger partial charge in [0, 0.05) is 29.6 Å². The average Bonchev–Trinajstić information content (AvgIpc) is 2.51. The van der Waals surface area contributed by atoms with Crippen molar-refractivity contribution < 1.29 is 17.7 Å². The molecule has 0 saturated heterocycles. The zero-order valence-electron chi connectivity index (χ0n) is 15.2. The van der Waals surface area contributed by atoms with Crippen molar-refractivity contribution in [1.82, 2.24) is 0 Å². The Morgan fingerprint density at radius 1 is 0.917 bits per heavy atom. The summed E-state index contributed by atoms with van der Waals surface area (Å²) >= 11 is 0. The summed E-state index contributed by atoms with van der Waals surface area (Å²) in [7, 11) is -3.89. The maximum atomic E-state index is 10.6. The molecule has 0 aliphatic heterocycles. The summed E-state index contributed by atoms with van der Waals surface area (Å²) in [6, 6.07) is 7.97. The number of benzene rings is 1. The molecule has 6 heteroatoms. The molecule has 1 radical (unpaired) electrons. The second kappa shape index (κ2) is 14.1. The zero-order chi connectivity index (χ0) is 17.0. The van der Waals surface area contributed by atoms with E-state index in [1.807, 2.05) is 12.1 Å². The van der Waals surface area contributed by atoms with Gasteiger partial charge in [-0.3, -0.25) is 4.55 Å². The van der Waals surface area contributed by atoms with E-state index in [4.69, 9.17) is 9.29 Å². The fraction of sp³-hybridized carbons (Fsp3) is 0.667. The van der Waals surface area contributed by atoms with Gasteiger partial charge < -0.3 is 4.74 Å². The van der Waals surface area contributed by atoms with Gasteiger partial charge in [-0.05, 0) is 37.0 Å². The first-order valence-corrected chi connectivity index (χ1v) is 10.3. The summed E-state index contributed by atoms with van der Waals surface area (Å²) < 4.78 is 35.3. The van der Waals surface area contributed by atoms with Crippen LogP contribution in [0.15, 0.2) is 24.3 Å². The van der Waals surface area contributed by atoms with Crippen LogP contribution in [0.25, 0.3) is 0 Å². The second-order valence-corrected chi connectivity index (χ2v) is 7.58. The zero-order valence-corrected chi connectivity index (χ0v) is 18.0. The summed E-state index contributed by atoms with van der Waals surface area (Å²) in [5, 5.41) is 0. The van der Waals surface area contributed by atoms with Crippen LogP contribution in [0, 0.1) is 0 Å². The Morgan fingerprint density at radius 2 is 1.50 bits per heavy atom. The van der Waals surface area contributed by atoms with E-state index in [2.05, 4.69) is 19.1 Å². The molecule has 0 fully saturated rings. The van der Waals surface area contributed by atoms with Crippen molar-refractivity contribution in [2.45, 2.75) is 64.7 Å². The van der Waals surface area contributed by atoms with Gasteiger partial charge in [-0.2, -0.15) is 8.42 Å². The molecule has 0 aromatic heterocycles. The third-order valence-corrected chi connectivity index (χ3v) is 4.61. The quantitative estimate of drug-likeness (QED) is 0.322. The van der Waals surface area contributed by atoms with E-state index < -0.39 is 10.1 Å². The maximum absolute atomic E-state index is 10.6. The normalized spacial score (nSPS) is 11.1. The molecule has 1 N–H and O–H groups in total. The molecule has 0 spiro atoms. The maximum Gasteiger partial charge on any atom is 0.264 e. The smallest absolute Gasteiger partial charge is 0.264 e. The molecule has 0 unspecified atom stereocenters. The SMILES string of the molecule is CCCCCCCCCc1ccc(OCCCS(=O)(=O)O)cc1.[Na]. The van der Waals surface area contributed by atoms with Crippen LogP contribution in [-0.2, 0) is 16.5 Å². The number of unbranched alkanes of at least 4 members (excludes halogenated alkanes) is 6. The fourth-order valence-corrected chi connectivity index (χ4v) is 2.95. The fourth-order valence-electron chi connectivity index (χ4n) is 2.47. The predicted molar refractivity (Wildman–Crippen MR) is 100 cm³/mol. The minimum atomic E-state index is -3.89. The Morgan fingerprint density at radius 3 is 2.08 bits per heavy atom. The molecule has 4 nitrogen and oxygen atoms in total. The summed E-state index contributed by atoms with van der Waals surface area (Å²) in [5.74, 6) is 0.479. The predicted octanol–water partition coefficient (Wildman–Crippen LogP) is 4.26. The number of ether oxygens (including phenoxy) is 1. The summed E-state index contributed by atoms with van der Waals surface area (Å²) in [4.78, 5) is 0. The molecule has 0 aliphatic rings. The van der Waals surface area contributed by atoms with Gasteiger partial charge in [0.2, 0.25) is 0 Å². The van der Waals surface area contributed by atoms with Crippen LogP contribution in [0.4, 0.5) is 0 Å². The van der Waals surface area contributed by atoms with Crippen LogP contribution in [0.5, 0.6) is 5.75 Å². The Labute approximate surface area is 169 Å². The van der Waals surface area contributed by atoms with Crippen molar-refractivity contribution in [3.63, 3.8) is 0 Å². The number of hydrogen-bond acceptors (Lipinski definition) is 3. The molecule has 0 saturated carbocycles. The average molecular weight is 365 g/mol. The molecule has 133 valence electrons. The van der Waals surface area contributed by atoms with Crippen molar-refractivity contribution in [3.8, 4) is 5.75 Å². The van der Waals surface area contributed by atoms with Crippen molar-refractivity contribution in [1.29, 1.82) is 0 Å². The Bertz CT molecular complexity index is 514. The molecule has 24 heavy (non-hydrogen) atoms. The van der Waals surface area contributed by atoms with Gasteiger partial charge in [0.15, 0.2) is 0 Å². The standard InChI is InChI=1S/C18H30O4S.Na/c1-2-3-4-5-6-7-8-10-17-11-13-18(14-12-17)22-15-9-16-23(19,20)21;/h11-14H,2-10,15-16H2,1H3,(H,19,20,21);. The van der Waals surface area contributed by atoms with Crippen LogP contribution in [0.1, 0.15) is 63.9 Å². The van der Waals surface area contributed by atoms with Crippen molar-refractivity contribution in [2.75, 3.05) is 12.4 Å². The number of rotatable bonds is 13. The van der Waals surface area contributed by atoms with Gasteiger partial charge in [0.05, 0.1) is 12.4 Å². The Kier molecular flexibility index (Phi) is 14.1. The largest absolute Gasteiger partial charge is 0.494 e. The van der Waals surface area contributed by atoms with Crippen LogP contribution in [-0.4, -0.2) is 54.9 Å². The minimum Gasteiger partial charge on any atom is -0.494 e. The van der Waals surface area contributed by atoms with E-state index in [9.17, 15) is 8.42 Å². The molecule has 0 amide bonds. The molecular weight excluding hydrogens is 335 g/mol. The van der Waals surface area contributed by atoms with Crippen molar-refractivity contribution in [3.05, 3.63) is 29.8 Å². The first-order valence-electron chi connectivity index (χ1n) is 8.68. The van der Waals surface area contributed by atoms with E-state index in [1.54, 1.807) is 0 Å². The molecule has 0 heterocycles. The second-order valence-electron chi connectivity index (χ2n) is 6.00. The van der Waals surface area contributed by atoms with E-state index in [0.29, 0.717) is 6.42 Å². The van der Waals surface area contributed by atoms with Crippen molar-refractivity contribution in [2.24, 2.45) is 0 Å². The summed E-state index contributed by atoms with van der Waals surface area (Å²) in [6.07, 6.45) is 10.6. The Hall–Kier alpha value is -0.0700. The van der Waals surface area contributed by atoms with Gasteiger partial charge in [-0.1, -0.05) is 57.6 Å².